The molecule has 0 spiro atoms. The zero-order valence-corrected chi connectivity index (χ0v) is 8.42. The van der Waals surface area contributed by atoms with E-state index in [0.717, 1.165) is 29.8 Å². The maximum Gasteiger partial charge on any atom is 0.150 e. The lowest BCUT2D eigenvalue weighted by molar-refractivity contribution is 0.112. The van der Waals surface area contributed by atoms with Crippen molar-refractivity contribution < 1.29 is 4.79 Å². The summed E-state index contributed by atoms with van der Waals surface area (Å²) in [5, 5.41) is 3.16. The molecule has 14 heavy (non-hydrogen) atoms. The molecule has 0 aliphatic heterocycles. The Morgan fingerprint density at radius 3 is 2.71 bits per heavy atom. The number of benzene rings is 1. The third-order valence-corrected chi connectivity index (χ3v) is 2.15. The Morgan fingerprint density at radius 1 is 1.50 bits per heavy atom. The second kappa shape index (κ2) is 4.62. The molecule has 0 fully saturated rings. The number of rotatable bonds is 4. The predicted molar refractivity (Wildman–Crippen MR) is 58.5 cm³/mol. The van der Waals surface area contributed by atoms with Crippen LogP contribution in [0.25, 0.3) is 0 Å². The molecular weight excluding hydrogens is 178 g/mol. The lowest BCUT2D eigenvalue weighted by Crippen LogP contribution is -2.12. The lowest BCUT2D eigenvalue weighted by Gasteiger charge is -2.13. The molecule has 0 amide bonds. The van der Waals surface area contributed by atoms with Crippen molar-refractivity contribution in [2.45, 2.75) is 13.8 Å². The quantitative estimate of drug-likeness (QED) is 0.385. The molecule has 0 bridgehead atoms. The first-order valence-electron chi connectivity index (χ1n) is 4.53. The van der Waals surface area contributed by atoms with Gasteiger partial charge in [0.2, 0.25) is 0 Å². The molecule has 0 saturated heterocycles. The van der Waals surface area contributed by atoms with Gasteiger partial charge in [0.25, 0.3) is 0 Å². The van der Waals surface area contributed by atoms with Crippen LogP contribution in [0.4, 0.5) is 11.4 Å². The highest BCUT2D eigenvalue weighted by atomic mass is 16.1. The highest BCUT2D eigenvalue weighted by Gasteiger charge is 2.07. The first-order chi connectivity index (χ1) is 6.74. The van der Waals surface area contributed by atoms with Crippen molar-refractivity contribution >= 4 is 17.7 Å². The van der Waals surface area contributed by atoms with Gasteiger partial charge in [0, 0.05) is 12.1 Å². The fourth-order valence-electron chi connectivity index (χ4n) is 1.38. The van der Waals surface area contributed by atoms with E-state index in [-0.39, 0.29) is 0 Å². The van der Waals surface area contributed by atoms with Crippen molar-refractivity contribution in [1.82, 2.24) is 0 Å². The molecule has 0 radical (unpaired) electrons. The zero-order chi connectivity index (χ0) is 10.6. The van der Waals surface area contributed by atoms with E-state index in [9.17, 15) is 4.79 Å². The first-order valence-corrected chi connectivity index (χ1v) is 4.53. The molecule has 4 nitrogen and oxygen atoms in total. The Morgan fingerprint density at radius 2 is 2.21 bits per heavy atom. The number of carbonyl (C=O) groups is 1. The molecule has 0 unspecified atom stereocenters. The van der Waals surface area contributed by atoms with E-state index < -0.39 is 0 Å². The standard InChI is InChI=1S/C10H15N3O/c1-3-12-9-5-4-8(6-14)7(2)10(9)13-11/h4-6,12-13H,3,11H2,1-2H3. The smallest absolute Gasteiger partial charge is 0.150 e. The second-order valence-electron chi connectivity index (χ2n) is 2.99. The molecule has 1 rings (SSSR count). The summed E-state index contributed by atoms with van der Waals surface area (Å²) < 4.78 is 0. The summed E-state index contributed by atoms with van der Waals surface area (Å²) in [5.41, 5.74) is 5.81. The summed E-state index contributed by atoms with van der Waals surface area (Å²) in [6.45, 7) is 4.68. The third-order valence-electron chi connectivity index (χ3n) is 2.15. The largest absolute Gasteiger partial charge is 0.384 e. The molecule has 0 aliphatic carbocycles. The molecule has 1 aromatic rings. The fraction of sp³-hybridized carbons (Fsp3) is 0.300. The van der Waals surface area contributed by atoms with Crippen molar-refractivity contribution in [3.05, 3.63) is 23.3 Å². The van der Waals surface area contributed by atoms with Gasteiger partial charge in [-0.2, -0.15) is 0 Å². The number of nitrogen functional groups attached to an aromatic ring is 1. The Kier molecular flexibility index (Phi) is 3.48. The highest BCUT2D eigenvalue weighted by Crippen LogP contribution is 2.26. The van der Waals surface area contributed by atoms with Crippen LogP contribution < -0.4 is 16.6 Å². The van der Waals surface area contributed by atoms with Crippen molar-refractivity contribution in [2.24, 2.45) is 5.84 Å². The normalized spacial score (nSPS) is 9.64. The third kappa shape index (κ3) is 1.85. The van der Waals surface area contributed by atoms with E-state index in [4.69, 9.17) is 5.84 Å². The Bertz CT molecular complexity index is 336. The van der Waals surface area contributed by atoms with E-state index in [1.54, 1.807) is 6.07 Å². The first kappa shape index (κ1) is 10.5. The van der Waals surface area contributed by atoms with Crippen LogP contribution in [0.3, 0.4) is 0 Å². The average molecular weight is 193 g/mol. The van der Waals surface area contributed by atoms with Gasteiger partial charge in [0.1, 0.15) is 6.29 Å². The predicted octanol–water partition coefficient (Wildman–Crippen LogP) is 1.52. The number of hydrogen-bond donors (Lipinski definition) is 3. The highest BCUT2D eigenvalue weighted by molar-refractivity contribution is 5.85. The van der Waals surface area contributed by atoms with Crippen molar-refractivity contribution in [1.29, 1.82) is 0 Å². The fourth-order valence-corrected chi connectivity index (χ4v) is 1.38. The second-order valence-corrected chi connectivity index (χ2v) is 2.99. The maximum absolute atomic E-state index is 10.7. The summed E-state index contributed by atoms with van der Waals surface area (Å²) >= 11 is 0. The van der Waals surface area contributed by atoms with Gasteiger partial charge in [-0.15, -0.1) is 0 Å². The van der Waals surface area contributed by atoms with Crippen LogP contribution in [0, 0.1) is 6.92 Å². The van der Waals surface area contributed by atoms with Crippen LogP contribution in [0.15, 0.2) is 12.1 Å². The lowest BCUT2D eigenvalue weighted by atomic mass is 10.1. The topological polar surface area (TPSA) is 67.2 Å². The molecular formula is C10H15N3O. The van der Waals surface area contributed by atoms with Gasteiger partial charge in [0.15, 0.2) is 0 Å². The van der Waals surface area contributed by atoms with E-state index >= 15 is 0 Å². The van der Waals surface area contributed by atoms with Crippen LogP contribution in [-0.2, 0) is 0 Å². The maximum atomic E-state index is 10.7. The van der Waals surface area contributed by atoms with Gasteiger partial charge in [0.05, 0.1) is 11.4 Å². The number of aldehydes is 1. The van der Waals surface area contributed by atoms with Gasteiger partial charge < -0.3 is 10.7 Å². The van der Waals surface area contributed by atoms with Gasteiger partial charge in [-0.25, -0.2) is 0 Å². The number of carbonyl (C=O) groups excluding carboxylic acids is 1. The number of nitrogens with two attached hydrogens (primary N) is 1. The summed E-state index contributed by atoms with van der Waals surface area (Å²) in [4.78, 5) is 10.7. The summed E-state index contributed by atoms with van der Waals surface area (Å²) in [7, 11) is 0. The van der Waals surface area contributed by atoms with Crippen LogP contribution in [0.1, 0.15) is 22.8 Å². The number of hydrazine groups is 1. The van der Waals surface area contributed by atoms with Gasteiger partial charge in [-0.05, 0) is 31.5 Å². The molecule has 4 heteroatoms. The van der Waals surface area contributed by atoms with E-state index in [2.05, 4.69) is 10.7 Å². The zero-order valence-electron chi connectivity index (χ0n) is 8.42. The number of hydrogen-bond acceptors (Lipinski definition) is 4. The minimum Gasteiger partial charge on any atom is -0.384 e. The number of nitrogens with one attached hydrogen (secondary N) is 2. The van der Waals surface area contributed by atoms with Crippen LogP contribution in [0.2, 0.25) is 0 Å². The van der Waals surface area contributed by atoms with Crippen molar-refractivity contribution in [3.63, 3.8) is 0 Å². The summed E-state index contributed by atoms with van der Waals surface area (Å²) in [5.74, 6) is 5.40. The molecule has 0 aliphatic rings. The molecule has 0 heterocycles. The van der Waals surface area contributed by atoms with Crippen molar-refractivity contribution in [3.8, 4) is 0 Å². The van der Waals surface area contributed by atoms with Gasteiger partial charge in [-0.3, -0.25) is 10.6 Å². The van der Waals surface area contributed by atoms with Gasteiger partial charge >= 0.3 is 0 Å². The minimum absolute atomic E-state index is 0.652. The van der Waals surface area contributed by atoms with Gasteiger partial charge in [-0.1, -0.05) is 0 Å². The minimum atomic E-state index is 0.652. The van der Waals surface area contributed by atoms with E-state index in [1.165, 1.54) is 0 Å². The molecule has 0 atom stereocenters. The molecule has 0 aromatic heterocycles. The molecule has 0 saturated carbocycles. The SMILES string of the molecule is CCNc1ccc(C=O)c(C)c1NN. The van der Waals surface area contributed by atoms with Crippen LogP contribution >= 0.6 is 0 Å². The average Bonchev–Trinajstić information content (AvgIpc) is 2.19. The Balaban J connectivity index is 3.20. The molecule has 1 aromatic carbocycles. The van der Waals surface area contributed by atoms with E-state index in [0.29, 0.717) is 5.56 Å². The Labute approximate surface area is 83.5 Å². The van der Waals surface area contributed by atoms with Crippen LogP contribution in [-0.4, -0.2) is 12.8 Å². The monoisotopic (exact) mass is 193 g/mol. The Hall–Kier alpha value is -1.55. The van der Waals surface area contributed by atoms with Crippen LogP contribution in [0.5, 0.6) is 0 Å². The number of anilines is 2. The summed E-state index contributed by atoms with van der Waals surface area (Å²) in [6, 6.07) is 3.62. The van der Waals surface area contributed by atoms with E-state index in [1.807, 2.05) is 19.9 Å². The summed E-state index contributed by atoms with van der Waals surface area (Å²) in [6.07, 6.45) is 0.825. The molecule has 76 valence electrons. The van der Waals surface area contributed by atoms with Crippen molar-refractivity contribution in [2.75, 3.05) is 17.3 Å². The molecule has 4 N–H and O–H groups in total.